The largest absolute Gasteiger partial charge is 0.497 e. The Bertz CT molecular complexity index is 412. The Kier molecular flexibility index (Phi) is 6.29. The average molecular weight is 273 g/mol. The van der Waals surface area contributed by atoms with Crippen molar-refractivity contribution in [1.82, 2.24) is 5.32 Å². The van der Waals surface area contributed by atoms with E-state index in [9.17, 15) is 8.60 Å². The van der Waals surface area contributed by atoms with Gasteiger partial charge in [0.15, 0.2) is 0 Å². The van der Waals surface area contributed by atoms with Crippen LogP contribution in [0.1, 0.15) is 24.9 Å². The number of nitrogens with one attached hydrogen (secondary N) is 1. The zero-order valence-electron chi connectivity index (χ0n) is 11.0. The fourth-order valence-electron chi connectivity index (χ4n) is 1.69. The number of hydrogen-bond donors (Lipinski definition) is 1. The standard InChI is InChI=1S/C13H20FNO2S/c1-10(15-7-4-8-18(3)16)12-6-5-11(17-2)9-13(12)14/h5-6,9-10,15H,4,7-8H2,1-3H3. The summed E-state index contributed by atoms with van der Waals surface area (Å²) in [4.78, 5) is 0. The maximum atomic E-state index is 13.8. The molecule has 1 N–H and O–H groups in total. The van der Waals surface area contributed by atoms with Gasteiger partial charge >= 0.3 is 0 Å². The van der Waals surface area contributed by atoms with Crippen LogP contribution in [0.15, 0.2) is 18.2 Å². The van der Waals surface area contributed by atoms with Crippen molar-refractivity contribution in [2.24, 2.45) is 0 Å². The molecule has 0 heterocycles. The first kappa shape index (κ1) is 15.1. The zero-order chi connectivity index (χ0) is 13.5. The summed E-state index contributed by atoms with van der Waals surface area (Å²) in [5, 5.41) is 3.22. The molecular weight excluding hydrogens is 253 g/mol. The first-order valence-corrected chi connectivity index (χ1v) is 7.64. The molecule has 5 heteroatoms. The van der Waals surface area contributed by atoms with E-state index in [-0.39, 0.29) is 11.9 Å². The second-order valence-corrected chi connectivity index (χ2v) is 5.75. The summed E-state index contributed by atoms with van der Waals surface area (Å²) in [6, 6.07) is 4.79. The molecule has 0 saturated heterocycles. The third-order valence-electron chi connectivity index (χ3n) is 2.73. The smallest absolute Gasteiger partial charge is 0.131 e. The van der Waals surface area contributed by atoms with Crippen LogP contribution in [0.25, 0.3) is 0 Å². The van der Waals surface area contributed by atoms with Gasteiger partial charge in [0, 0.05) is 40.5 Å². The van der Waals surface area contributed by atoms with E-state index >= 15 is 0 Å². The summed E-state index contributed by atoms with van der Waals surface area (Å²) in [6.45, 7) is 2.64. The van der Waals surface area contributed by atoms with Crippen molar-refractivity contribution < 1.29 is 13.3 Å². The average Bonchev–Trinajstić information content (AvgIpc) is 2.33. The van der Waals surface area contributed by atoms with Crippen molar-refractivity contribution in [3.8, 4) is 5.75 Å². The molecule has 0 aliphatic carbocycles. The van der Waals surface area contributed by atoms with Gasteiger partial charge in [-0.05, 0) is 26.0 Å². The van der Waals surface area contributed by atoms with E-state index in [1.807, 2.05) is 6.92 Å². The molecule has 102 valence electrons. The topological polar surface area (TPSA) is 38.3 Å². The van der Waals surface area contributed by atoms with E-state index in [0.29, 0.717) is 17.1 Å². The minimum absolute atomic E-state index is 0.0683. The zero-order valence-corrected chi connectivity index (χ0v) is 11.8. The highest BCUT2D eigenvalue weighted by Crippen LogP contribution is 2.21. The van der Waals surface area contributed by atoms with Gasteiger partial charge < -0.3 is 10.1 Å². The lowest BCUT2D eigenvalue weighted by Gasteiger charge is -2.15. The second-order valence-electron chi connectivity index (χ2n) is 4.19. The van der Waals surface area contributed by atoms with E-state index in [0.717, 1.165) is 13.0 Å². The number of ether oxygens (including phenoxy) is 1. The highest BCUT2D eigenvalue weighted by Gasteiger charge is 2.11. The quantitative estimate of drug-likeness (QED) is 0.774. The number of halogens is 1. The van der Waals surface area contributed by atoms with Gasteiger partial charge in [-0.25, -0.2) is 4.39 Å². The molecule has 0 amide bonds. The lowest BCUT2D eigenvalue weighted by atomic mass is 10.1. The van der Waals surface area contributed by atoms with Crippen LogP contribution in [0.5, 0.6) is 5.75 Å². The fraction of sp³-hybridized carbons (Fsp3) is 0.538. The number of rotatable bonds is 7. The van der Waals surface area contributed by atoms with E-state index < -0.39 is 10.8 Å². The first-order valence-electron chi connectivity index (χ1n) is 5.91. The first-order chi connectivity index (χ1) is 8.54. The van der Waals surface area contributed by atoms with Gasteiger partial charge in [-0.1, -0.05) is 6.07 Å². The van der Waals surface area contributed by atoms with Crippen LogP contribution in [0, 0.1) is 5.82 Å². The molecule has 0 aliphatic rings. The third-order valence-corrected chi connectivity index (χ3v) is 3.60. The van der Waals surface area contributed by atoms with Gasteiger partial charge in [0.2, 0.25) is 0 Å². The van der Waals surface area contributed by atoms with Crippen LogP contribution in [-0.2, 0) is 10.8 Å². The van der Waals surface area contributed by atoms with E-state index in [1.165, 1.54) is 13.2 Å². The highest BCUT2D eigenvalue weighted by atomic mass is 32.2. The van der Waals surface area contributed by atoms with Crippen LogP contribution in [0.2, 0.25) is 0 Å². The molecule has 2 atom stereocenters. The molecule has 2 unspecified atom stereocenters. The Morgan fingerprint density at radius 1 is 1.50 bits per heavy atom. The SMILES string of the molecule is COc1ccc(C(C)NCCCS(C)=O)c(F)c1. The van der Waals surface area contributed by atoms with Crippen molar-refractivity contribution in [3.63, 3.8) is 0 Å². The minimum atomic E-state index is -0.764. The molecule has 0 aromatic heterocycles. The summed E-state index contributed by atoms with van der Waals surface area (Å²) >= 11 is 0. The molecule has 0 bridgehead atoms. The predicted molar refractivity (Wildman–Crippen MR) is 72.9 cm³/mol. The van der Waals surface area contributed by atoms with Crippen LogP contribution < -0.4 is 10.1 Å². The minimum Gasteiger partial charge on any atom is -0.497 e. The molecule has 0 spiro atoms. The van der Waals surface area contributed by atoms with Crippen LogP contribution >= 0.6 is 0 Å². The predicted octanol–water partition coefficient (Wildman–Crippen LogP) is 2.25. The van der Waals surface area contributed by atoms with Gasteiger partial charge in [-0.2, -0.15) is 0 Å². The lowest BCUT2D eigenvalue weighted by molar-refractivity contribution is 0.409. The van der Waals surface area contributed by atoms with Gasteiger partial charge in [-0.15, -0.1) is 0 Å². The molecule has 0 aliphatic heterocycles. The summed E-state index contributed by atoms with van der Waals surface area (Å²) in [6.07, 6.45) is 2.51. The van der Waals surface area contributed by atoms with Crippen LogP contribution in [-0.4, -0.2) is 29.9 Å². The maximum Gasteiger partial charge on any atom is 0.131 e. The fourth-order valence-corrected chi connectivity index (χ4v) is 2.24. The Morgan fingerprint density at radius 3 is 2.78 bits per heavy atom. The number of hydrogen-bond acceptors (Lipinski definition) is 3. The monoisotopic (exact) mass is 273 g/mol. The van der Waals surface area contributed by atoms with Crippen molar-refractivity contribution in [3.05, 3.63) is 29.6 Å². The second kappa shape index (κ2) is 7.48. The van der Waals surface area contributed by atoms with E-state index in [4.69, 9.17) is 4.74 Å². The Hall–Kier alpha value is -0.940. The van der Waals surface area contributed by atoms with Crippen molar-refractivity contribution in [1.29, 1.82) is 0 Å². The Morgan fingerprint density at radius 2 is 2.22 bits per heavy atom. The Labute approximate surface area is 110 Å². The highest BCUT2D eigenvalue weighted by molar-refractivity contribution is 7.84. The molecule has 18 heavy (non-hydrogen) atoms. The summed E-state index contributed by atoms with van der Waals surface area (Å²) in [5.41, 5.74) is 0.619. The normalized spacial score (nSPS) is 14.2. The molecule has 1 rings (SSSR count). The summed E-state index contributed by atoms with van der Waals surface area (Å²) < 4.78 is 29.6. The van der Waals surface area contributed by atoms with Gasteiger partial charge in [0.1, 0.15) is 11.6 Å². The summed E-state index contributed by atoms with van der Waals surface area (Å²) in [7, 11) is 0.751. The molecule has 0 radical (unpaired) electrons. The maximum absolute atomic E-state index is 13.8. The van der Waals surface area contributed by atoms with Crippen molar-refractivity contribution >= 4 is 10.8 Å². The summed E-state index contributed by atoms with van der Waals surface area (Å²) in [5.74, 6) is 0.920. The van der Waals surface area contributed by atoms with Gasteiger partial charge in [0.25, 0.3) is 0 Å². The molecule has 0 fully saturated rings. The molecule has 3 nitrogen and oxygen atoms in total. The number of benzene rings is 1. The van der Waals surface area contributed by atoms with Crippen molar-refractivity contribution in [2.75, 3.05) is 25.7 Å². The lowest BCUT2D eigenvalue weighted by Crippen LogP contribution is -2.22. The molecule has 0 saturated carbocycles. The molecular formula is C13H20FNO2S. The van der Waals surface area contributed by atoms with Crippen LogP contribution in [0.3, 0.4) is 0 Å². The van der Waals surface area contributed by atoms with Crippen molar-refractivity contribution in [2.45, 2.75) is 19.4 Å². The van der Waals surface area contributed by atoms with Crippen LogP contribution in [0.4, 0.5) is 4.39 Å². The molecule has 1 aromatic rings. The third kappa shape index (κ3) is 4.74. The van der Waals surface area contributed by atoms with E-state index in [2.05, 4.69) is 5.32 Å². The number of methoxy groups -OCH3 is 1. The van der Waals surface area contributed by atoms with Gasteiger partial charge in [-0.3, -0.25) is 4.21 Å². The van der Waals surface area contributed by atoms with Gasteiger partial charge in [0.05, 0.1) is 7.11 Å². The van der Waals surface area contributed by atoms with E-state index in [1.54, 1.807) is 18.4 Å². The Balaban J connectivity index is 2.50. The molecule has 1 aromatic carbocycles.